The molecule has 1 aromatic carbocycles. The van der Waals surface area contributed by atoms with Crippen molar-refractivity contribution >= 4 is 5.91 Å². The first-order valence-corrected chi connectivity index (χ1v) is 10.4. The van der Waals surface area contributed by atoms with Crippen LogP contribution >= 0.6 is 0 Å². The van der Waals surface area contributed by atoms with E-state index >= 15 is 0 Å². The molecule has 29 heavy (non-hydrogen) atoms. The highest BCUT2D eigenvalue weighted by Gasteiger charge is 2.26. The maximum Gasteiger partial charge on any atom is 0.257 e. The third kappa shape index (κ3) is 6.08. The molecular weight excluding hydrogens is 366 g/mol. The Morgan fingerprint density at radius 1 is 1.24 bits per heavy atom. The van der Waals surface area contributed by atoms with E-state index in [-0.39, 0.29) is 5.91 Å². The molecule has 1 unspecified atom stereocenters. The molecule has 1 aliphatic heterocycles. The largest absolute Gasteiger partial charge is 0.496 e. The smallest absolute Gasteiger partial charge is 0.257 e. The van der Waals surface area contributed by atoms with E-state index in [1.807, 2.05) is 31.1 Å². The summed E-state index contributed by atoms with van der Waals surface area (Å²) >= 11 is 0. The second-order valence-electron chi connectivity index (χ2n) is 8.12. The lowest BCUT2D eigenvalue weighted by Gasteiger charge is -2.36. The summed E-state index contributed by atoms with van der Waals surface area (Å²) in [5.41, 5.74) is 1.85. The molecule has 1 saturated heterocycles. The first-order valence-electron chi connectivity index (χ1n) is 10.4. The monoisotopic (exact) mass is 399 g/mol. The van der Waals surface area contributed by atoms with Gasteiger partial charge in [-0.3, -0.25) is 9.69 Å². The molecule has 6 nitrogen and oxygen atoms in total. The van der Waals surface area contributed by atoms with Gasteiger partial charge in [-0.1, -0.05) is 18.2 Å². The number of hydrogen-bond acceptors (Lipinski definition) is 5. The van der Waals surface area contributed by atoms with Gasteiger partial charge in [0, 0.05) is 38.3 Å². The van der Waals surface area contributed by atoms with Crippen molar-refractivity contribution in [3.05, 3.63) is 54.0 Å². The second kappa shape index (κ2) is 10.5. The Balaban J connectivity index is 1.63. The number of methoxy groups -OCH3 is 1. The fourth-order valence-corrected chi connectivity index (χ4v) is 4.00. The van der Waals surface area contributed by atoms with Crippen molar-refractivity contribution in [3.63, 3.8) is 0 Å². The molecule has 1 atom stereocenters. The van der Waals surface area contributed by atoms with E-state index < -0.39 is 0 Å². The Morgan fingerprint density at radius 3 is 2.79 bits per heavy atom. The van der Waals surface area contributed by atoms with Crippen LogP contribution < -0.4 is 4.74 Å². The van der Waals surface area contributed by atoms with Crippen LogP contribution in [0.5, 0.6) is 5.75 Å². The van der Waals surface area contributed by atoms with Crippen molar-refractivity contribution in [2.45, 2.75) is 19.4 Å². The van der Waals surface area contributed by atoms with Gasteiger partial charge < -0.3 is 19.0 Å². The van der Waals surface area contributed by atoms with Crippen molar-refractivity contribution < 1.29 is 13.9 Å². The van der Waals surface area contributed by atoms with Crippen molar-refractivity contribution in [1.82, 2.24) is 14.7 Å². The molecule has 3 rings (SSSR count). The van der Waals surface area contributed by atoms with Gasteiger partial charge in [0.25, 0.3) is 5.91 Å². The Morgan fingerprint density at radius 2 is 2.07 bits per heavy atom. The standard InChI is InChI=1S/C23H33N3O3/c1-24(2)12-13-26(23(27)21-10-14-29-18-21)16-19-7-6-11-25(15-19)17-20-8-4-5-9-22(20)28-3/h4-5,8-10,14,18-19H,6-7,11-13,15-17H2,1-3H3. The summed E-state index contributed by atoms with van der Waals surface area (Å²) in [6.07, 6.45) is 5.41. The van der Waals surface area contributed by atoms with E-state index in [0.29, 0.717) is 11.5 Å². The van der Waals surface area contributed by atoms with Crippen molar-refractivity contribution in [2.75, 3.05) is 53.9 Å². The number of nitrogens with zero attached hydrogens (tertiary/aromatic N) is 3. The van der Waals surface area contributed by atoms with E-state index in [9.17, 15) is 4.79 Å². The van der Waals surface area contributed by atoms with Crippen LogP contribution in [0.2, 0.25) is 0 Å². The van der Waals surface area contributed by atoms with Crippen LogP contribution in [0.15, 0.2) is 47.3 Å². The SMILES string of the molecule is COc1ccccc1CN1CCCC(CN(CCN(C)C)C(=O)c2ccoc2)C1. The molecule has 1 fully saturated rings. The molecular formula is C23H33N3O3. The van der Waals surface area contributed by atoms with Crippen molar-refractivity contribution in [3.8, 4) is 5.75 Å². The lowest BCUT2D eigenvalue weighted by atomic mass is 9.96. The Labute approximate surface area is 174 Å². The average Bonchev–Trinajstić information content (AvgIpc) is 3.26. The predicted octanol–water partition coefficient (Wildman–Crippen LogP) is 3.20. The van der Waals surface area contributed by atoms with Crippen LogP contribution in [0.4, 0.5) is 0 Å². The number of amides is 1. The summed E-state index contributed by atoms with van der Waals surface area (Å²) in [4.78, 5) is 19.6. The summed E-state index contributed by atoms with van der Waals surface area (Å²) in [5, 5.41) is 0. The van der Waals surface area contributed by atoms with Gasteiger partial charge in [-0.15, -0.1) is 0 Å². The van der Waals surface area contributed by atoms with Gasteiger partial charge in [0.15, 0.2) is 0 Å². The molecule has 2 heterocycles. The topological polar surface area (TPSA) is 49.2 Å². The fourth-order valence-electron chi connectivity index (χ4n) is 4.00. The number of carbonyl (C=O) groups is 1. The van der Waals surface area contributed by atoms with E-state index in [1.165, 1.54) is 5.56 Å². The average molecular weight is 400 g/mol. The van der Waals surface area contributed by atoms with Gasteiger partial charge in [-0.2, -0.15) is 0 Å². The molecule has 0 bridgehead atoms. The van der Waals surface area contributed by atoms with Gasteiger partial charge in [-0.25, -0.2) is 0 Å². The number of ether oxygens (including phenoxy) is 1. The molecule has 1 aromatic heterocycles. The van der Waals surface area contributed by atoms with Gasteiger partial charge in [0.1, 0.15) is 12.0 Å². The van der Waals surface area contributed by atoms with Crippen molar-refractivity contribution in [1.29, 1.82) is 0 Å². The van der Waals surface area contributed by atoms with Crippen molar-refractivity contribution in [2.24, 2.45) is 5.92 Å². The number of piperidine rings is 1. The number of benzene rings is 1. The lowest BCUT2D eigenvalue weighted by molar-refractivity contribution is 0.0659. The zero-order chi connectivity index (χ0) is 20.6. The van der Waals surface area contributed by atoms with Crippen LogP contribution in [0.3, 0.4) is 0 Å². The maximum absolute atomic E-state index is 13.0. The highest BCUT2D eigenvalue weighted by molar-refractivity contribution is 5.93. The molecule has 0 aliphatic carbocycles. The number of likely N-dealkylation sites (tertiary alicyclic amines) is 1. The van der Waals surface area contributed by atoms with E-state index in [4.69, 9.17) is 9.15 Å². The third-order valence-corrected chi connectivity index (χ3v) is 5.54. The number of carbonyl (C=O) groups excluding carboxylic acids is 1. The number of hydrogen-bond donors (Lipinski definition) is 0. The third-order valence-electron chi connectivity index (χ3n) is 5.54. The minimum absolute atomic E-state index is 0.0578. The normalized spacial score (nSPS) is 17.4. The van der Waals surface area contributed by atoms with E-state index in [0.717, 1.165) is 57.9 Å². The number of rotatable bonds is 9. The number of para-hydroxylation sites is 1. The molecule has 0 spiro atoms. The van der Waals surface area contributed by atoms with Gasteiger partial charge >= 0.3 is 0 Å². The van der Waals surface area contributed by atoms with Crippen LogP contribution in [0.1, 0.15) is 28.8 Å². The molecule has 6 heteroatoms. The Hall–Kier alpha value is -2.31. The predicted molar refractivity (Wildman–Crippen MR) is 114 cm³/mol. The summed E-state index contributed by atoms with van der Waals surface area (Å²) in [6.45, 7) is 5.31. The summed E-state index contributed by atoms with van der Waals surface area (Å²) in [7, 11) is 5.80. The second-order valence-corrected chi connectivity index (χ2v) is 8.12. The summed E-state index contributed by atoms with van der Waals surface area (Å²) < 4.78 is 10.6. The van der Waals surface area contributed by atoms with Crippen LogP contribution in [-0.4, -0.2) is 74.5 Å². The maximum atomic E-state index is 13.0. The van der Waals surface area contributed by atoms with Gasteiger partial charge in [-0.05, 0) is 51.5 Å². The van der Waals surface area contributed by atoms with Crippen LogP contribution in [-0.2, 0) is 6.54 Å². The quantitative estimate of drug-likeness (QED) is 0.648. The molecule has 0 N–H and O–H groups in total. The molecule has 1 amide bonds. The van der Waals surface area contributed by atoms with Crippen LogP contribution in [0.25, 0.3) is 0 Å². The minimum Gasteiger partial charge on any atom is -0.496 e. The van der Waals surface area contributed by atoms with Crippen LogP contribution in [0, 0.1) is 5.92 Å². The van der Waals surface area contributed by atoms with E-state index in [2.05, 4.69) is 21.9 Å². The Bertz CT molecular complexity index is 760. The zero-order valence-electron chi connectivity index (χ0n) is 17.8. The molecule has 0 saturated carbocycles. The number of likely N-dealkylation sites (N-methyl/N-ethyl adjacent to an activating group) is 1. The molecule has 158 valence electrons. The molecule has 0 radical (unpaired) electrons. The number of furan rings is 1. The first kappa shape index (κ1) is 21.4. The Kier molecular flexibility index (Phi) is 7.72. The van der Waals surface area contributed by atoms with E-state index in [1.54, 1.807) is 25.7 Å². The van der Waals surface area contributed by atoms with Gasteiger partial charge in [0.2, 0.25) is 0 Å². The zero-order valence-corrected chi connectivity index (χ0v) is 17.8. The summed E-state index contributed by atoms with van der Waals surface area (Å²) in [6, 6.07) is 9.97. The fraction of sp³-hybridized carbons (Fsp3) is 0.522. The molecule has 1 aliphatic rings. The highest BCUT2D eigenvalue weighted by Crippen LogP contribution is 2.24. The minimum atomic E-state index is 0.0578. The van der Waals surface area contributed by atoms with Gasteiger partial charge in [0.05, 0.1) is 18.9 Å². The highest BCUT2D eigenvalue weighted by atomic mass is 16.5. The molecule has 2 aromatic rings. The first-order chi connectivity index (χ1) is 14.1. The lowest BCUT2D eigenvalue weighted by Crippen LogP contribution is -2.44. The summed E-state index contributed by atoms with van der Waals surface area (Å²) in [5.74, 6) is 1.47.